The normalized spacial score (nSPS) is 30.2. The van der Waals surface area contributed by atoms with Crippen LogP contribution in [0.15, 0.2) is 0 Å². The van der Waals surface area contributed by atoms with Gasteiger partial charge in [-0.05, 0) is 33.7 Å². The fourth-order valence-corrected chi connectivity index (χ4v) is 2.50. The Hall–Kier alpha value is -0.160. The van der Waals surface area contributed by atoms with Crippen LogP contribution in [0, 0.1) is 0 Å². The molecule has 1 unspecified atom stereocenters. The van der Waals surface area contributed by atoms with Crippen molar-refractivity contribution >= 4 is 0 Å². The Morgan fingerprint density at radius 3 is 2.41 bits per heavy atom. The van der Waals surface area contributed by atoms with Crippen molar-refractivity contribution in [1.29, 1.82) is 0 Å². The summed E-state index contributed by atoms with van der Waals surface area (Å²) >= 11 is 0. The van der Waals surface area contributed by atoms with E-state index in [2.05, 4.69) is 37.9 Å². The lowest BCUT2D eigenvalue weighted by atomic mass is 10.0. The second kappa shape index (κ2) is 6.69. The van der Waals surface area contributed by atoms with Crippen LogP contribution >= 0.6 is 0 Å². The van der Waals surface area contributed by atoms with Crippen LogP contribution in [0.1, 0.15) is 34.1 Å². The van der Waals surface area contributed by atoms with Crippen molar-refractivity contribution in [1.82, 2.24) is 10.2 Å². The minimum atomic E-state index is -0.202. The maximum Gasteiger partial charge on any atom is 0.0678 e. The van der Waals surface area contributed by atoms with Gasteiger partial charge in [0.25, 0.3) is 0 Å². The van der Waals surface area contributed by atoms with E-state index in [1.54, 1.807) is 0 Å². The Bertz CT molecular complexity index is 215. The van der Waals surface area contributed by atoms with Crippen molar-refractivity contribution < 1.29 is 9.84 Å². The molecular formula is C13H28N2O2. The van der Waals surface area contributed by atoms with E-state index in [-0.39, 0.29) is 24.4 Å². The molecule has 0 saturated carbocycles. The van der Waals surface area contributed by atoms with Crippen LogP contribution in [-0.4, -0.2) is 60.5 Å². The summed E-state index contributed by atoms with van der Waals surface area (Å²) < 4.78 is 5.72. The van der Waals surface area contributed by atoms with Crippen molar-refractivity contribution in [2.45, 2.75) is 51.9 Å². The standard InChI is InChI=1S/C13H28N2O2/c1-5-6-14-13(4,10-16)9-15-7-11(2)17-12(3)8-15/h11-12,14,16H,5-10H2,1-4H3/t11-,12+,13?. The molecule has 1 heterocycles. The number of morpholine rings is 1. The number of aliphatic hydroxyl groups is 1. The summed E-state index contributed by atoms with van der Waals surface area (Å²) in [6, 6.07) is 0. The van der Waals surface area contributed by atoms with E-state index in [1.807, 2.05) is 0 Å². The SMILES string of the molecule is CCCNC(C)(CO)CN1C[C@@H](C)O[C@@H](C)C1. The molecule has 102 valence electrons. The van der Waals surface area contributed by atoms with Crippen LogP contribution in [0.4, 0.5) is 0 Å². The third kappa shape index (κ3) is 4.92. The number of ether oxygens (including phenoxy) is 1. The van der Waals surface area contributed by atoms with Gasteiger partial charge in [-0.15, -0.1) is 0 Å². The first-order chi connectivity index (χ1) is 7.99. The summed E-state index contributed by atoms with van der Waals surface area (Å²) in [4.78, 5) is 2.39. The highest BCUT2D eigenvalue weighted by molar-refractivity contribution is 4.88. The number of hydrogen-bond donors (Lipinski definition) is 2. The summed E-state index contributed by atoms with van der Waals surface area (Å²) in [6.07, 6.45) is 1.66. The molecule has 0 aromatic rings. The molecule has 3 atom stereocenters. The molecule has 1 saturated heterocycles. The van der Waals surface area contributed by atoms with Crippen molar-refractivity contribution in [2.75, 3.05) is 32.8 Å². The molecule has 0 radical (unpaired) electrons. The Morgan fingerprint density at radius 1 is 1.35 bits per heavy atom. The number of hydrogen-bond acceptors (Lipinski definition) is 4. The summed E-state index contributed by atoms with van der Waals surface area (Å²) in [7, 11) is 0. The highest BCUT2D eigenvalue weighted by atomic mass is 16.5. The number of aliphatic hydroxyl groups excluding tert-OH is 1. The van der Waals surface area contributed by atoms with Crippen LogP contribution in [0.3, 0.4) is 0 Å². The van der Waals surface area contributed by atoms with E-state index in [1.165, 1.54) is 0 Å². The molecule has 0 spiro atoms. The minimum Gasteiger partial charge on any atom is -0.394 e. The molecule has 0 bridgehead atoms. The van der Waals surface area contributed by atoms with Gasteiger partial charge < -0.3 is 15.2 Å². The maximum atomic E-state index is 9.55. The van der Waals surface area contributed by atoms with Gasteiger partial charge in [0.1, 0.15) is 0 Å². The van der Waals surface area contributed by atoms with E-state index >= 15 is 0 Å². The van der Waals surface area contributed by atoms with Crippen LogP contribution < -0.4 is 5.32 Å². The smallest absolute Gasteiger partial charge is 0.0678 e. The molecular weight excluding hydrogens is 216 g/mol. The van der Waals surface area contributed by atoms with Crippen molar-refractivity contribution in [3.63, 3.8) is 0 Å². The lowest BCUT2D eigenvalue weighted by Crippen LogP contribution is -2.58. The van der Waals surface area contributed by atoms with Gasteiger partial charge in [0, 0.05) is 19.6 Å². The molecule has 1 aliphatic heterocycles. The Balaban J connectivity index is 2.48. The van der Waals surface area contributed by atoms with E-state index in [4.69, 9.17) is 4.74 Å². The Kier molecular flexibility index (Phi) is 5.86. The third-order valence-corrected chi connectivity index (χ3v) is 3.22. The van der Waals surface area contributed by atoms with Gasteiger partial charge in [-0.25, -0.2) is 0 Å². The van der Waals surface area contributed by atoms with Crippen molar-refractivity contribution in [2.24, 2.45) is 0 Å². The zero-order valence-corrected chi connectivity index (χ0v) is 11.7. The topological polar surface area (TPSA) is 44.7 Å². The molecule has 0 aromatic carbocycles. The minimum absolute atomic E-state index is 0.174. The average molecular weight is 244 g/mol. The lowest BCUT2D eigenvalue weighted by molar-refractivity contribution is -0.0756. The second-order valence-electron chi connectivity index (χ2n) is 5.60. The van der Waals surface area contributed by atoms with Crippen LogP contribution in [0.25, 0.3) is 0 Å². The van der Waals surface area contributed by atoms with Gasteiger partial charge in [0.15, 0.2) is 0 Å². The van der Waals surface area contributed by atoms with Crippen LogP contribution in [0.5, 0.6) is 0 Å². The monoisotopic (exact) mass is 244 g/mol. The van der Waals surface area contributed by atoms with Crippen molar-refractivity contribution in [3.8, 4) is 0 Å². The van der Waals surface area contributed by atoms with Gasteiger partial charge in [-0.1, -0.05) is 6.92 Å². The van der Waals surface area contributed by atoms with Crippen LogP contribution in [-0.2, 0) is 4.74 Å². The molecule has 4 nitrogen and oxygen atoms in total. The molecule has 17 heavy (non-hydrogen) atoms. The first kappa shape index (κ1) is 14.9. The summed E-state index contributed by atoms with van der Waals surface area (Å²) in [5.41, 5.74) is -0.202. The zero-order chi connectivity index (χ0) is 12.9. The van der Waals surface area contributed by atoms with E-state index < -0.39 is 0 Å². The summed E-state index contributed by atoms with van der Waals surface area (Å²) in [5.74, 6) is 0. The molecule has 0 aliphatic carbocycles. The highest BCUT2D eigenvalue weighted by Gasteiger charge is 2.29. The zero-order valence-electron chi connectivity index (χ0n) is 11.7. The van der Waals surface area contributed by atoms with E-state index in [0.717, 1.165) is 32.6 Å². The number of rotatable bonds is 6. The van der Waals surface area contributed by atoms with Crippen molar-refractivity contribution in [3.05, 3.63) is 0 Å². The summed E-state index contributed by atoms with van der Waals surface area (Å²) in [5, 5.41) is 13.0. The quantitative estimate of drug-likeness (QED) is 0.727. The fourth-order valence-electron chi connectivity index (χ4n) is 2.50. The summed E-state index contributed by atoms with van der Waals surface area (Å²) in [6.45, 7) is 12.4. The first-order valence-corrected chi connectivity index (χ1v) is 6.73. The Labute approximate surface area is 105 Å². The highest BCUT2D eigenvalue weighted by Crippen LogP contribution is 2.14. The largest absolute Gasteiger partial charge is 0.394 e. The van der Waals surface area contributed by atoms with E-state index in [0.29, 0.717) is 0 Å². The molecule has 4 heteroatoms. The van der Waals surface area contributed by atoms with Gasteiger partial charge in [-0.2, -0.15) is 0 Å². The predicted molar refractivity (Wildman–Crippen MR) is 70.2 cm³/mol. The molecule has 0 aromatic heterocycles. The van der Waals surface area contributed by atoms with Gasteiger partial charge in [-0.3, -0.25) is 4.90 Å². The maximum absolute atomic E-state index is 9.55. The number of nitrogens with zero attached hydrogens (tertiary/aromatic N) is 1. The Morgan fingerprint density at radius 2 is 1.94 bits per heavy atom. The molecule has 1 aliphatic rings. The fraction of sp³-hybridized carbons (Fsp3) is 1.00. The number of nitrogens with one attached hydrogen (secondary N) is 1. The third-order valence-electron chi connectivity index (χ3n) is 3.22. The lowest BCUT2D eigenvalue weighted by Gasteiger charge is -2.40. The van der Waals surface area contributed by atoms with E-state index in [9.17, 15) is 5.11 Å². The molecule has 1 rings (SSSR count). The molecule has 2 N–H and O–H groups in total. The first-order valence-electron chi connectivity index (χ1n) is 6.73. The van der Waals surface area contributed by atoms with Gasteiger partial charge >= 0.3 is 0 Å². The van der Waals surface area contributed by atoms with Gasteiger partial charge in [0.05, 0.1) is 24.4 Å². The molecule has 1 fully saturated rings. The molecule has 0 amide bonds. The predicted octanol–water partition coefficient (Wildman–Crippen LogP) is 0.846. The average Bonchev–Trinajstić information content (AvgIpc) is 2.25. The van der Waals surface area contributed by atoms with Gasteiger partial charge in [0.2, 0.25) is 0 Å². The van der Waals surface area contributed by atoms with Crippen LogP contribution in [0.2, 0.25) is 0 Å². The second-order valence-corrected chi connectivity index (χ2v) is 5.60.